The standard InChI is InChI=1S/C16H20N4OS2/c21-15(20-4-1-14-13(11-20)2-9-22-14)12-18-5-7-19(8-6-18)16-17-3-10-23-16/h2-3,9-10H,1,4-8,11-12H2. The Morgan fingerprint density at radius 1 is 1.13 bits per heavy atom. The minimum atomic E-state index is 0.268. The van der Waals surface area contributed by atoms with Crippen LogP contribution >= 0.6 is 22.7 Å². The molecular weight excluding hydrogens is 328 g/mol. The molecule has 23 heavy (non-hydrogen) atoms. The third kappa shape index (κ3) is 3.27. The van der Waals surface area contributed by atoms with E-state index in [1.54, 1.807) is 11.3 Å². The van der Waals surface area contributed by atoms with Crippen LogP contribution in [0.3, 0.4) is 0 Å². The van der Waals surface area contributed by atoms with Gasteiger partial charge in [-0.25, -0.2) is 4.98 Å². The van der Waals surface area contributed by atoms with Crippen molar-refractivity contribution >= 4 is 33.7 Å². The van der Waals surface area contributed by atoms with Crippen molar-refractivity contribution < 1.29 is 4.79 Å². The second-order valence-corrected chi connectivity index (χ2v) is 7.89. The number of hydrogen-bond acceptors (Lipinski definition) is 6. The first-order chi connectivity index (χ1) is 11.3. The Kier molecular flexibility index (Phi) is 4.33. The fourth-order valence-electron chi connectivity index (χ4n) is 3.22. The molecule has 0 N–H and O–H groups in total. The van der Waals surface area contributed by atoms with Gasteiger partial charge in [-0.3, -0.25) is 9.69 Å². The normalized spacial score (nSPS) is 19.0. The lowest BCUT2D eigenvalue weighted by molar-refractivity contribution is -0.133. The average Bonchev–Trinajstić information content (AvgIpc) is 3.26. The molecule has 5 nitrogen and oxygen atoms in total. The first kappa shape index (κ1) is 15.1. The van der Waals surface area contributed by atoms with E-state index in [-0.39, 0.29) is 5.91 Å². The van der Waals surface area contributed by atoms with E-state index < -0.39 is 0 Å². The minimum Gasteiger partial charge on any atom is -0.346 e. The lowest BCUT2D eigenvalue weighted by Crippen LogP contribution is -2.50. The highest BCUT2D eigenvalue weighted by Gasteiger charge is 2.25. The van der Waals surface area contributed by atoms with E-state index in [0.29, 0.717) is 6.54 Å². The molecule has 0 spiro atoms. The first-order valence-corrected chi connectivity index (χ1v) is 9.75. The Morgan fingerprint density at radius 3 is 2.78 bits per heavy atom. The zero-order valence-electron chi connectivity index (χ0n) is 13.0. The van der Waals surface area contributed by atoms with Crippen molar-refractivity contribution in [3.8, 4) is 0 Å². The first-order valence-electron chi connectivity index (χ1n) is 7.99. The number of fused-ring (bicyclic) bond motifs is 1. The highest BCUT2D eigenvalue weighted by molar-refractivity contribution is 7.13. The predicted octanol–water partition coefficient (Wildman–Crippen LogP) is 1.91. The maximum Gasteiger partial charge on any atom is 0.237 e. The molecule has 2 aliphatic heterocycles. The van der Waals surface area contributed by atoms with Crippen LogP contribution in [0.2, 0.25) is 0 Å². The minimum absolute atomic E-state index is 0.268. The van der Waals surface area contributed by atoms with Crippen molar-refractivity contribution in [1.82, 2.24) is 14.8 Å². The van der Waals surface area contributed by atoms with E-state index in [9.17, 15) is 4.79 Å². The molecule has 1 amide bonds. The maximum atomic E-state index is 12.6. The number of anilines is 1. The van der Waals surface area contributed by atoms with Crippen molar-refractivity contribution in [3.05, 3.63) is 33.5 Å². The summed E-state index contributed by atoms with van der Waals surface area (Å²) in [4.78, 5) is 25.0. The number of thiophene rings is 1. The van der Waals surface area contributed by atoms with E-state index in [2.05, 4.69) is 26.2 Å². The van der Waals surface area contributed by atoms with Gasteiger partial charge in [-0.05, 0) is 23.4 Å². The Labute approximate surface area is 144 Å². The van der Waals surface area contributed by atoms with Gasteiger partial charge in [-0.1, -0.05) is 0 Å². The summed E-state index contributed by atoms with van der Waals surface area (Å²) in [6.07, 6.45) is 2.86. The van der Waals surface area contributed by atoms with E-state index >= 15 is 0 Å². The number of carbonyl (C=O) groups excluding carboxylic acids is 1. The van der Waals surface area contributed by atoms with Crippen molar-refractivity contribution in [2.24, 2.45) is 0 Å². The second kappa shape index (κ2) is 6.59. The highest BCUT2D eigenvalue weighted by Crippen LogP contribution is 2.24. The summed E-state index contributed by atoms with van der Waals surface area (Å²) in [5.41, 5.74) is 1.34. The molecule has 0 atom stereocenters. The smallest absolute Gasteiger partial charge is 0.237 e. The molecule has 0 aromatic carbocycles. The Morgan fingerprint density at radius 2 is 2.00 bits per heavy atom. The van der Waals surface area contributed by atoms with Gasteiger partial charge in [0.15, 0.2) is 5.13 Å². The number of hydrogen-bond donors (Lipinski definition) is 0. The van der Waals surface area contributed by atoms with Crippen molar-refractivity contribution in [3.63, 3.8) is 0 Å². The highest BCUT2D eigenvalue weighted by atomic mass is 32.1. The number of piperazine rings is 1. The summed E-state index contributed by atoms with van der Waals surface area (Å²) in [6.45, 7) is 5.98. The van der Waals surface area contributed by atoms with Crippen LogP contribution in [0.15, 0.2) is 23.0 Å². The molecule has 1 saturated heterocycles. The fraction of sp³-hybridized carbons (Fsp3) is 0.500. The number of amides is 1. The van der Waals surface area contributed by atoms with Gasteiger partial charge in [0.2, 0.25) is 5.91 Å². The molecule has 0 radical (unpaired) electrons. The lowest BCUT2D eigenvalue weighted by atomic mass is 10.1. The average molecular weight is 348 g/mol. The molecular formula is C16H20N4OS2. The second-order valence-electron chi connectivity index (χ2n) is 6.01. The summed E-state index contributed by atoms with van der Waals surface area (Å²) < 4.78 is 0. The molecule has 2 aromatic rings. The van der Waals surface area contributed by atoms with Gasteiger partial charge in [-0.15, -0.1) is 22.7 Å². The molecule has 4 heterocycles. The van der Waals surface area contributed by atoms with Crippen LogP contribution in [0.4, 0.5) is 5.13 Å². The molecule has 1 fully saturated rings. The topological polar surface area (TPSA) is 39.7 Å². The number of nitrogens with zero attached hydrogens (tertiary/aromatic N) is 4. The van der Waals surface area contributed by atoms with E-state index in [4.69, 9.17) is 0 Å². The molecule has 7 heteroatoms. The van der Waals surface area contributed by atoms with Gasteiger partial charge >= 0.3 is 0 Å². The largest absolute Gasteiger partial charge is 0.346 e. The van der Waals surface area contributed by atoms with Gasteiger partial charge in [0.25, 0.3) is 0 Å². The predicted molar refractivity (Wildman–Crippen MR) is 94.2 cm³/mol. The molecule has 4 rings (SSSR count). The molecule has 0 unspecified atom stereocenters. The SMILES string of the molecule is O=C(CN1CCN(c2nccs2)CC1)N1CCc2sccc2C1. The van der Waals surface area contributed by atoms with Crippen LogP contribution < -0.4 is 4.90 Å². The Bertz CT molecular complexity index is 661. The maximum absolute atomic E-state index is 12.6. The van der Waals surface area contributed by atoms with Crippen LogP contribution in [-0.2, 0) is 17.8 Å². The summed E-state index contributed by atoms with van der Waals surface area (Å²) in [7, 11) is 0. The molecule has 122 valence electrons. The van der Waals surface area contributed by atoms with E-state index in [0.717, 1.165) is 50.8 Å². The molecule has 0 aliphatic carbocycles. The van der Waals surface area contributed by atoms with Gasteiger partial charge in [-0.2, -0.15) is 0 Å². The van der Waals surface area contributed by atoms with Crippen LogP contribution in [0, 0.1) is 0 Å². The number of thiazole rings is 1. The van der Waals surface area contributed by atoms with Crippen molar-refractivity contribution in [2.45, 2.75) is 13.0 Å². The number of rotatable bonds is 3. The molecule has 2 aromatic heterocycles. The van der Waals surface area contributed by atoms with Crippen LogP contribution in [0.25, 0.3) is 0 Å². The number of aromatic nitrogens is 1. The fourth-order valence-corrected chi connectivity index (χ4v) is 4.81. The molecule has 0 bridgehead atoms. The lowest BCUT2D eigenvalue weighted by Gasteiger charge is -2.35. The van der Waals surface area contributed by atoms with Gasteiger partial charge in [0.05, 0.1) is 6.54 Å². The van der Waals surface area contributed by atoms with E-state index in [1.165, 1.54) is 10.4 Å². The van der Waals surface area contributed by atoms with E-state index in [1.807, 2.05) is 27.8 Å². The van der Waals surface area contributed by atoms with Gasteiger partial charge in [0.1, 0.15) is 0 Å². The van der Waals surface area contributed by atoms with Crippen LogP contribution in [-0.4, -0.2) is 60.0 Å². The zero-order chi connectivity index (χ0) is 15.6. The van der Waals surface area contributed by atoms with Crippen molar-refractivity contribution in [2.75, 3.05) is 44.2 Å². The quantitative estimate of drug-likeness (QED) is 0.850. The summed E-state index contributed by atoms with van der Waals surface area (Å²) in [6, 6.07) is 2.16. The third-order valence-electron chi connectivity index (χ3n) is 4.58. The number of carbonyl (C=O) groups is 1. The van der Waals surface area contributed by atoms with Gasteiger partial charge < -0.3 is 9.80 Å². The summed E-state index contributed by atoms with van der Waals surface area (Å²) in [5, 5.41) is 5.24. The Balaban J connectivity index is 1.29. The molecule has 2 aliphatic rings. The van der Waals surface area contributed by atoms with Crippen LogP contribution in [0.1, 0.15) is 10.4 Å². The van der Waals surface area contributed by atoms with Crippen molar-refractivity contribution in [1.29, 1.82) is 0 Å². The summed E-state index contributed by atoms with van der Waals surface area (Å²) in [5.74, 6) is 0.268. The summed E-state index contributed by atoms with van der Waals surface area (Å²) >= 11 is 3.50. The Hall–Kier alpha value is -1.44. The third-order valence-corrected chi connectivity index (χ3v) is 6.44. The zero-order valence-corrected chi connectivity index (χ0v) is 14.6. The van der Waals surface area contributed by atoms with Gasteiger partial charge in [0, 0.05) is 55.7 Å². The van der Waals surface area contributed by atoms with Crippen LogP contribution in [0.5, 0.6) is 0 Å². The molecule has 0 saturated carbocycles. The monoisotopic (exact) mass is 348 g/mol.